The summed E-state index contributed by atoms with van der Waals surface area (Å²) in [5.74, 6) is 0.826. The Morgan fingerprint density at radius 2 is 2.17 bits per heavy atom. The Morgan fingerprint density at radius 1 is 1.39 bits per heavy atom. The number of hydrogen-bond acceptors (Lipinski definition) is 2. The first kappa shape index (κ1) is 12.8. The van der Waals surface area contributed by atoms with E-state index < -0.39 is 7.12 Å². The van der Waals surface area contributed by atoms with Crippen LogP contribution in [-0.4, -0.2) is 12.1 Å². The van der Waals surface area contributed by atoms with Crippen LogP contribution in [-0.2, 0) is 17.7 Å². The van der Waals surface area contributed by atoms with E-state index in [4.69, 9.17) is 27.9 Å². The van der Waals surface area contributed by atoms with E-state index in [2.05, 4.69) is 0 Å². The highest BCUT2D eigenvalue weighted by Gasteiger charge is 2.32. The fourth-order valence-electron chi connectivity index (χ4n) is 2.72. The standard InChI is InChI=1S/C13H15BCl2O2/c15-11-6-9-7-18-14(17)12(9)13(16)10(11)5-4-8-2-1-3-8/h6,8,17H,1-5,7H2. The van der Waals surface area contributed by atoms with Crippen molar-refractivity contribution >= 4 is 35.8 Å². The van der Waals surface area contributed by atoms with Gasteiger partial charge in [0.1, 0.15) is 0 Å². The molecule has 96 valence electrons. The highest BCUT2D eigenvalue weighted by atomic mass is 35.5. The molecule has 0 spiro atoms. The lowest BCUT2D eigenvalue weighted by atomic mass is 9.77. The summed E-state index contributed by atoms with van der Waals surface area (Å²) in [6.07, 6.45) is 6.03. The van der Waals surface area contributed by atoms with Gasteiger partial charge in [-0.3, -0.25) is 0 Å². The molecule has 0 bridgehead atoms. The topological polar surface area (TPSA) is 29.5 Å². The predicted molar refractivity (Wildman–Crippen MR) is 74.5 cm³/mol. The minimum atomic E-state index is -0.896. The van der Waals surface area contributed by atoms with Crippen molar-refractivity contribution in [1.82, 2.24) is 0 Å². The van der Waals surface area contributed by atoms with Crippen molar-refractivity contribution < 1.29 is 9.68 Å². The van der Waals surface area contributed by atoms with Crippen molar-refractivity contribution in [3.63, 3.8) is 0 Å². The lowest BCUT2D eigenvalue weighted by Crippen LogP contribution is -2.30. The lowest BCUT2D eigenvalue weighted by molar-refractivity contribution is 0.275. The van der Waals surface area contributed by atoms with Gasteiger partial charge in [0.15, 0.2) is 0 Å². The summed E-state index contributed by atoms with van der Waals surface area (Å²) in [6.45, 7) is 0.388. The zero-order chi connectivity index (χ0) is 12.7. The summed E-state index contributed by atoms with van der Waals surface area (Å²) in [4.78, 5) is 0. The Labute approximate surface area is 117 Å². The number of halogens is 2. The highest BCUT2D eigenvalue weighted by Crippen LogP contribution is 2.34. The molecule has 0 atom stereocenters. The van der Waals surface area contributed by atoms with Crippen molar-refractivity contribution in [3.05, 3.63) is 27.2 Å². The van der Waals surface area contributed by atoms with Crippen LogP contribution >= 0.6 is 23.2 Å². The van der Waals surface area contributed by atoms with Crippen LogP contribution in [0.5, 0.6) is 0 Å². The molecule has 1 aromatic rings. The van der Waals surface area contributed by atoms with Crippen LogP contribution in [0.25, 0.3) is 0 Å². The average Bonchev–Trinajstić information content (AvgIpc) is 2.62. The minimum absolute atomic E-state index is 0.388. The molecule has 1 N–H and O–H groups in total. The first-order chi connectivity index (χ1) is 8.66. The van der Waals surface area contributed by atoms with E-state index in [1.54, 1.807) is 0 Å². The fraction of sp³-hybridized carbons (Fsp3) is 0.538. The van der Waals surface area contributed by atoms with Gasteiger partial charge in [0, 0.05) is 15.5 Å². The first-order valence-corrected chi connectivity index (χ1v) is 7.21. The Kier molecular flexibility index (Phi) is 3.59. The van der Waals surface area contributed by atoms with Gasteiger partial charge in [0.25, 0.3) is 0 Å². The third kappa shape index (κ3) is 2.18. The van der Waals surface area contributed by atoms with Gasteiger partial charge in [0.05, 0.1) is 6.61 Å². The van der Waals surface area contributed by atoms with Gasteiger partial charge in [0.2, 0.25) is 0 Å². The van der Waals surface area contributed by atoms with Gasteiger partial charge >= 0.3 is 7.12 Å². The second-order valence-electron chi connectivity index (χ2n) is 5.22. The second kappa shape index (κ2) is 5.05. The lowest BCUT2D eigenvalue weighted by Gasteiger charge is -2.25. The molecule has 2 nitrogen and oxygen atoms in total. The summed E-state index contributed by atoms with van der Waals surface area (Å²) < 4.78 is 5.18. The number of fused-ring (bicyclic) bond motifs is 1. The molecule has 0 radical (unpaired) electrons. The van der Waals surface area contributed by atoms with Crippen LogP contribution in [0.2, 0.25) is 10.0 Å². The van der Waals surface area contributed by atoms with E-state index in [0.29, 0.717) is 22.1 Å². The van der Waals surface area contributed by atoms with E-state index in [0.717, 1.165) is 29.9 Å². The van der Waals surface area contributed by atoms with Gasteiger partial charge in [-0.1, -0.05) is 42.5 Å². The molecular formula is C13H15BCl2O2. The summed E-state index contributed by atoms with van der Waals surface area (Å²) in [7, 11) is -0.896. The zero-order valence-electron chi connectivity index (χ0n) is 10.1. The molecule has 0 aromatic heterocycles. The molecule has 1 aliphatic carbocycles. The van der Waals surface area contributed by atoms with Crippen LogP contribution in [0.1, 0.15) is 36.8 Å². The molecule has 1 heterocycles. The van der Waals surface area contributed by atoms with Gasteiger partial charge in [-0.2, -0.15) is 0 Å². The molecule has 3 rings (SSSR count). The normalized spacial score (nSPS) is 18.9. The summed E-state index contributed by atoms with van der Waals surface area (Å²) >= 11 is 12.7. The molecule has 0 saturated heterocycles. The molecule has 2 aliphatic rings. The van der Waals surface area contributed by atoms with E-state index >= 15 is 0 Å². The van der Waals surface area contributed by atoms with Crippen molar-refractivity contribution in [2.75, 3.05) is 0 Å². The Bertz CT molecular complexity index is 475. The smallest absolute Gasteiger partial charge is 0.423 e. The minimum Gasteiger partial charge on any atom is -0.423 e. The molecule has 0 amide bonds. The SMILES string of the molecule is OB1OCc2cc(Cl)c(CCC3CCC3)c(Cl)c21. The predicted octanol–water partition coefficient (Wildman–Crippen LogP) is 2.94. The van der Waals surface area contributed by atoms with Gasteiger partial charge < -0.3 is 9.68 Å². The van der Waals surface area contributed by atoms with E-state index in [-0.39, 0.29) is 0 Å². The molecule has 1 aliphatic heterocycles. The fourth-order valence-corrected chi connectivity index (χ4v) is 3.50. The third-order valence-electron chi connectivity index (χ3n) is 4.11. The van der Waals surface area contributed by atoms with Crippen LogP contribution in [0.3, 0.4) is 0 Å². The zero-order valence-corrected chi connectivity index (χ0v) is 11.6. The quantitative estimate of drug-likeness (QED) is 0.865. The molecule has 5 heteroatoms. The molecule has 1 fully saturated rings. The van der Waals surface area contributed by atoms with Crippen LogP contribution in [0.4, 0.5) is 0 Å². The maximum absolute atomic E-state index is 9.76. The number of benzene rings is 1. The Morgan fingerprint density at radius 3 is 2.83 bits per heavy atom. The highest BCUT2D eigenvalue weighted by molar-refractivity contribution is 6.65. The monoisotopic (exact) mass is 284 g/mol. The van der Waals surface area contributed by atoms with Crippen LogP contribution in [0.15, 0.2) is 6.07 Å². The van der Waals surface area contributed by atoms with Crippen LogP contribution < -0.4 is 5.46 Å². The van der Waals surface area contributed by atoms with Crippen molar-refractivity contribution in [2.24, 2.45) is 5.92 Å². The van der Waals surface area contributed by atoms with Gasteiger partial charge in [-0.15, -0.1) is 0 Å². The molecule has 1 aromatic carbocycles. The molecule has 18 heavy (non-hydrogen) atoms. The van der Waals surface area contributed by atoms with Crippen molar-refractivity contribution in [2.45, 2.75) is 38.7 Å². The van der Waals surface area contributed by atoms with E-state index in [9.17, 15) is 5.02 Å². The maximum Gasteiger partial charge on any atom is 0.493 e. The average molecular weight is 285 g/mol. The Hall–Kier alpha value is -0.215. The van der Waals surface area contributed by atoms with E-state index in [1.165, 1.54) is 19.3 Å². The number of rotatable bonds is 3. The largest absolute Gasteiger partial charge is 0.493 e. The molecule has 0 unspecified atom stereocenters. The summed E-state index contributed by atoms with van der Waals surface area (Å²) in [5, 5.41) is 11.1. The number of hydrogen-bond donors (Lipinski definition) is 1. The molecule has 1 saturated carbocycles. The second-order valence-corrected chi connectivity index (χ2v) is 6.01. The van der Waals surface area contributed by atoms with Crippen molar-refractivity contribution in [3.8, 4) is 0 Å². The van der Waals surface area contributed by atoms with Crippen molar-refractivity contribution in [1.29, 1.82) is 0 Å². The van der Waals surface area contributed by atoms with Gasteiger partial charge in [-0.05, 0) is 36.0 Å². The van der Waals surface area contributed by atoms with Gasteiger partial charge in [-0.25, -0.2) is 0 Å². The summed E-state index contributed by atoms with van der Waals surface area (Å²) in [6, 6.07) is 1.88. The Balaban J connectivity index is 1.86. The first-order valence-electron chi connectivity index (χ1n) is 6.46. The van der Waals surface area contributed by atoms with E-state index in [1.807, 2.05) is 6.07 Å². The molecular weight excluding hydrogens is 270 g/mol. The maximum atomic E-state index is 9.76. The third-order valence-corrected chi connectivity index (χ3v) is 4.88. The summed E-state index contributed by atoms with van der Waals surface area (Å²) in [5.41, 5.74) is 2.59. The van der Waals surface area contributed by atoms with Crippen LogP contribution in [0, 0.1) is 5.92 Å².